The first-order valence-corrected chi connectivity index (χ1v) is 10.7. The molecular formula is C25H27FN4O. The molecule has 0 N–H and O–H groups in total. The van der Waals surface area contributed by atoms with Gasteiger partial charge >= 0.3 is 0 Å². The van der Waals surface area contributed by atoms with E-state index in [-0.39, 0.29) is 11.7 Å². The minimum atomic E-state index is -0.309. The molecule has 5 nitrogen and oxygen atoms in total. The lowest BCUT2D eigenvalue weighted by molar-refractivity contribution is 0.0697. The van der Waals surface area contributed by atoms with Gasteiger partial charge in [-0.05, 0) is 48.6 Å². The van der Waals surface area contributed by atoms with Gasteiger partial charge in [-0.25, -0.2) is 14.4 Å². The fourth-order valence-electron chi connectivity index (χ4n) is 3.87. The van der Waals surface area contributed by atoms with Crippen LogP contribution in [0.2, 0.25) is 0 Å². The number of hydrogen-bond donors (Lipinski definition) is 0. The average Bonchev–Trinajstić information content (AvgIpc) is 2.80. The Kier molecular flexibility index (Phi) is 6.26. The second kappa shape index (κ2) is 9.25. The molecule has 1 amide bonds. The van der Waals surface area contributed by atoms with Crippen molar-refractivity contribution in [3.05, 3.63) is 77.7 Å². The van der Waals surface area contributed by atoms with Gasteiger partial charge in [-0.2, -0.15) is 0 Å². The van der Waals surface area contributed by atoms with Crippen LogP contribution in [0.15, 0.2) is 60.8 Å². The zero-order chi connectivity index (χ0) is 21.8. The third kappa shape index (κ3) is 4.90. The SMILES string of the molecule is CC1CCN(C(=O)c2cnc(-c3ccc(F)cc3)nc2N(C)Cc2ccccc2)CC1. The minimum absolute atomic E-state index is 0.0348. The molecule has 2 aromatic carbocycles. The quantitative estimate of drug-likeness (QED) is 0.598. The van der Waals surface area contributed by atoms with Crippen LogP contribution in [0, 0.1) is 11.7 Å². The number of rotatable bonds is 5. The summed E-state index contributed by atoms with van der Waals surface area (Å²) in [5.41, 5.74) is 2.33. The largest absolute Gasteiger partial charge is 0.355 e. The van der Waals surface area contributed by atoms with E-state index in [0.29, 0.717) is 35.2 Å². The molecule has 2 heterocycles. The molecule has 4 rings (SSSR count). The number of hydrogen-bond acceptors (Lipinski definition) is 4. The second-order valence-corrected chi connectivity index (χ2v) is 8.25. The van der Waals surface area contributed by atoms with E-state index in [0.717, 1.165) is 31.5 Å². The smallest absolute Gasteiger partial charge is 0.259 e. The Bertz CT molecular complexity index is 1030. The summed E-state index contributed by atoms with van der Waals surface area (Å²) in [5, 5.41) is 0. The number of carbonyl (C=O) groups excluding carboxylic acids is 1. The van der Waals surface area contributed by atoms with Gasteiger partial charge in [0.15, 0.2) is 5.82 Å². The lowest BCUT2D eigenvalue weighted by Gasteiger charge is -2.31. The molecular weight excluding hydrogens is 391 g/mol. The Morgan fingerprint density at radius 2 is 1.77 bits per heavy atom. The van der Waals surface area contributed by atoms with Gasteiger partial charge in [0.25, 0.3) is 5.91 Å². The number of carbonyl (C=O) groups is 1. The molecule has 1 aliphatic heterocycles. The van der Waals surface area contributed by atoms with Crippen molar-refractivity contribution < 1.29 is 9.18 Å². The van der Waals surface area contributed by atoms with E-state index in [4.69, 9.17) is 4.98 Å². The van der Waals surface area contributed by atoms with Gasteiger partial charge in [0.05, 0.1) is 0 Å². The highest BCUT2D eigenvalue weighted by atomic mass is 19.1. The molecule has 1 aliphatic rings. The van der Waals surface area contributed by atoms with E-state index < -0.39 is 0 Å². The van der Waals surface area contributed by atoms with Crippen molar-refractivity contribution in [1.82, 2.24) is 14.9 Å². The minimum Gasteiger partial charge on any atom is -0.355 e. The molecule has 0 unspecified atom stereocenters. The monoisotopic (exact) mass is 418 g/mol. The number of piperidine rings is 1. The Labute approximate surface area is 182 Å². The summed E-state index contributed by atoms with van der Waals surface area (Å²) in [6, 6.07) is 16.1. The molecule has 0 saturated carbocycles. The van der Waals surface area contributed by atoms with Gasteiger partial charge in [-0.3, -0.25) is 4.79 Å². The Balaban J connectivity index is 1.69. The number of amides is 1. The van der Waals surface area contributed by atoms with Gasteiger partial charge in [-0.1, -0.05) is 37.3 Å². The Morgan fingerprint density at radius 3 is 2.45 bits per heavy atom. The molecule has 0 bridgehead atoms. The fourth-order valence-corrected chi connectivity index (χ4v) is 3.87. The summed E-state index contributed by atoms with van der Waals surface area (Å²) < 4.78 is 13.4. The van der Waals surface area contributed by atoms with E-state index in [1.54, 1.807) is 18.3 Å². The van der Waals surface area contributed by atoms with E-state index in [1.165, 1.54) is 12.1 Å². The lowest BCUT2D eigenvalue weighted by Crippen LogP contribution is -2.38. The van der Waals surface area contributed by atoms with E-state index in [9.17, 15) is 9.18 Å². The van der Waals surface area contributed by atoms with Crippen molar-refractivity contribution in [3.63, 3.8) is 0 Å². The Hall–Kier alpha value is -3.28. The van der Waals surface area contributed by atoms with Crippen molar-refractivity contribution in [1.29, 1.82) is 0 Å². The molecule has 160 valence electrons. The maximum atomic E-state index is 13.4. The van der Waals surface area contributed by atoms with Gasteiger partial charge in [0.1, 0.15) is 17.2 Å². The molecule has 1 aromatic heterocycles. The molecule has 6 heteroatoms. The van der Waals surface area contributed by atoms with Gasteiger partial charge in [0.2, 0.25) is 0 Å². The number of anilines is 1. The van der Waals surface area contributed by atoms with Crippen LogP contribution in [-0.2, 0) is 6.54 Å². The van der Waals surface area contributed by atoms with Crippen molar-refractivity contribution in [2.75, 3.05) is 25.0 Å². The predicted octanol–water partition coefficient (Wildman–Crippen LogP) is 4.79. The number of benzene rings is 2. The van der Waals surface area contributed by atoms with Crippen LogP contribution in [0.3, 0.4) is 0 Å². The number of halogens is 1. The Morgan fingerprint density at radius 1 is 1.10 bits per heavy atom. The van der Waals surface area contributed by atoms with Crippen molar-refractivity contribution in [3.8, 4) is 11.4 Å². The van der Waals surface area contributed by atoms with Crippen LogP contribution >= 0.6 is 0 Å². The maximum absolute atomic E-state index is 13.4. The van der Waals surface area contributed by atoms with Crippen molar-refractivity contribution in [2.45, 2.75) is 26.3 Å². The van der Waals surface area contributed by atoms with E-state index in [1.807, 2.05) is 47.2 Å². The molecule has 0 atom stereocenters. The molecule has 0 spiro atoms. The number of aromatic nitrogens is 2. The van der Waals surface area contributed by atoms with Gasteiger partial charge in [0, 0.05) is 38.4 Å². The highest BCUT2D eigenvalue weighted by Gasteiger charge is 2.26. The molecule has 3 aromatic rings. The van der Waals surface area contributed by atoms with Crippen LogP contribution in [-0.4, -0.2) is 40.9 Å². The highest BCUT2D eigenvalue weighted by Crippen LogP contribution is 2.26. The van der Waals surface area contributed by atoms with Crippen LogP contribution < -0.4 is 4.90 Å². The van der Waals surface area contributed by atoms with E-state index >= 15 is 0 Å². The number of likely N-dealkylation sites (tertiary alicyclic amines) is 1. The van der Waals surface area contributed by atoms with E-state index in [2.05, 4.69) is 11.9 Å². The first-order valence-electron chi connectivity index (χ1n) is 10.7. The van der Waals surface area contributed by atoms with Crippen LogP contribution in [0.4, 0.5) is 10.2 Å². The molecule has 0 radical (unpaired) electrons. The first-order chi connectivity index (χ1) is 15.0. The molecule has 1 fully saturated rings. The summed E-state index contributed by atoms with van der Waals surface area (Å²) in [6.07, 6.45) is 3.63. The van der Waals surface area contributed by atoms with Crippen LogP contribution in [0.25, 0.3) is 11.4 Å². The van der Waals surface area contributed by atoms with Crippen molar-refractivity contribution >= 4 is 11.7 Å². The zero-order valence-electron chi connectivity index (χ0n) is 18.0. The third-order valence-corrected chi connectivity index (χ3v) is 5.80. The standard InChI is InChI=1S/C25H27FN4O/c1-18-12-14-30(15-13-18)25(31)22-16-27-23(20-8-10-21(26)11-9-20)28-24(22)29(2)17-19-6-4-3-5-7-19/h3-11,16,18H,12-15,17H2,1-2H3. The summed E-state index contributed by atoms with van der Waals surface area (Å²) in [5.74, 6) is 1.35. The molecule has 1 saturated heterocycles. The van der Waals surface area contributed by atoms with Crippen molar-refractivity contribution in [2.24, 2.45) is 5.92 Å². The first kappa shape index (κ1) is 21.0. The highest BCUT2D eigenvalue weighted by molar-refractivity contribution is 5.99. The van der Waals surface area contributed by atoms with Gasteiger partial charge in [-0.15, -0.1) is 0 Å². The second-order valence-electron chi connectivity index (χ2n) is 8.25. The maximum Gasteiger partial charge on any atom is 0.259 e. The predicted molar refractivity (Wildman–Crippen MR) is 120 cm³/mol. The zero-order valence-corrected chi connectivity index (χ0v) is 18.0. The third-order valence-electron chi connectivity index (χ3n) is 5.80. The molecule has 31 heavy (non-hydrogen) atoms. The number of nitrogens with zero attached hydrogens (tertiary/aromatic N) is 4. The summed E-state index contributed by atoms with van der Waals surface area (Å²) in [4.78, 5) is 26.4. The van der Waals surface area contributed by atoms with Gasteiger partial charge < -0.3 is 9.80 Å². The average molecular weight is 419 g/mol. The van der Waals surface area contributed by atoms with Crippen LogP contribution in [0.1, 0.15) is 35.7 Å². The van der Waals surface area contributed by atoms with Crippen LogP contribution in [0.5, 0.6) is 0 Å². The summed E-state index contributed by atoms with van der Waals surface area (Å²) >= 11 is 0. The topological polar surface area (TPSA) is 49.3 Å². The summed E-state index contributed by atoms with van der Waals surface area (Å²) in [7, 11) is 1.93. The molecule has 0 aliphatic carbocycles. The summed E-state index contributed by atoms with van der Waals surface area (Å²) in [6.45, 7) is 4.34. The fraction of sp³-hybridized carbons (Fsp3) is 0.320. The normalized spacial score (nSPS) is 14.5. The lowest BCUT2D eigenvalue weighted by atomic mass is 9.99.